The van der Waals surface area contributed by atoms with Crippen LogP contribution in [0.3, 0.4) is 0 Å². The van der Waals surface area contributed by atoms with E-state index >= 15 is 0 Å². The van der Waals surface area contributed by atoms with Crippen molar-refractivity contribution in [2.24, 2.45) is 11.8 Å². The molecular formula is C14H18N2O2. The summed E-state index contributed by atoms with van der Waals surface area (Å²) in [6.07, 6.45) is 3.82. The van der Waals surface area contributed by atoms with Gasteiger partial charge in [0.1, 0.15) is 0 Å². The number of nitrogens with one attached hydrogen (secondary N) is 1. The highest BCUT2D eigenvalue weighted by Crippen LogP contribution is 2.45. The number of hydrogen-bond acceptors (Lipinski definition) is 3. The van der Waals surface area contributed by atoms with Crippen molar-refractivity contribution in [3.05, 3.63) is 33.9 Å². The molecule has 1 aromatic rings. The highest BCUT2D eigenvalue weighted by Gasteiger charge is 2.34. The Labute approximate surface area is 107 Å². The number of benzene rings is 1. The number of nitro groups is 1. The Balaban J connectivity index is 1.90. The van der Waals surface area contributed by atoms with Gasteiger partial charge in [0, 0.05) is 30.3 Å². The predicted octanol–water partition coefficient (Wildman–Crippen LogP) is 3.54. The lowest BCUT2D eigenvalue weighted by atomic mass is 9.86. The molecule has 0 saturated heterocycles. The van der Waals surface area contributed by atoms with Gasteiger partial charge in [-0.3, -0.25) is 10.1 Å². The SMILES string of the molecule is CC1CCC(C2CNc3ccc([N+](=O)[O-])cc32)C1. The molecule has 1 N–H and O–H groups in total. The van der Waals surface area contributed by atoms with Crippen LogP contribution in [0.25, 0.3) is 0 Å². The van der Waals surface area contributed by atoms with Crippen LogP contribution in [0.1, 0.15) is 37.7 Å². The predicted molar refractivity (Wildman–Crippen MR) is 70.8 cm³/mol. The maximum Gasteiger partial charge on any atom is 0.269 e. The van der Waals surface area contributed by atoms with Crippen molar-refractivity contribution in [2.45, 2.75) is 32.1 Å². The number of non-ortho nitro benzene ring substituents is 1. The van der Waals surface area contributed by atoms with Gasteiger partial charge in [0.25, 0.3) is 5.69 Å². The average molecular weight is 246 g/mol. The summed E-state index contributed by atoms with van der Waals surface area (Å²) in [6.45, 7) is 3.24. The zero-order valence-corrected chi connectivity index (χ0v) is 10.6. The molecule has 3 unspecified atom stereocenters. The Morgan fingerprint density at radius 2 is 2.22 bits per heavy atom. The second-order valence-corrected chi connectivity index (χ2v) is 5.69. The highest BCUT2D eigenvalue weighted by molar-refractivity contribution is 5.61. The van der Waals surface area contributed by atoms with Crippen LogP contribution in [0, 0.1) is 22.0 Å². The van der Waals surface area contributed by atoms with Gasteiger partial charge in [0.2, 0.25) is 0 Å². The fourth-order valence-corrected chi connectivity index (χ4v) is 3.50. The highest BCUT2D eigenvalue weighted by atomic mass is 16.6. The number of hydrogen-bond donors (Lipinski definition) is 1. The maximum absolute atomic E-state index is 10.9. The van der Waals surface area contributed by atoms with E-state index in [1.165, 1.54) is 19.3 Å². The summed E-state index contributed by atoms with van der Waals surface area (Å²) in [5.41, 5.74) is 2.46. The molecule has 0 spiro atoms. The first kappa shape index (κ1) is 11.5. The first-order valence-corrected chi connectivity index (χ1v) is 6.67. The van der Waals surface area contributed by atoms with Crippen LogP contribution in [0.4, 0.5) is 11.4 Å². The molecule has 1 fully saturated rings. The van der Waals surface area contributed by atoms with Crippen molar-refractivity contribution in [1.29, 1.82) is 0 Å². The smallest absolute Gasteiger partial charge is 0.269 e. The largest absolute Gasteiger partial charge is 0.384 e. The third kappa shape index (κ3) is 1.85. The van der Waals surface area contributed by atoms with Gasteiger partial charge in [-0.15, -0.1) is 0 Å². The summed E-state index contributed by atoms with van der Waals surface area (Å²) < 4.78 is 0. The minimum absolute atomic E-state index is 0.216. The van der Waals surface area contributed by atoms with Crippen LogP contribution in [-0.4, -0.2) is 11.5 Å². The molecule has 1 saturated carbocycles. The van der Waals surface area contributed by atoms with Crippen molar-refractivity contribution in [3.8, 4) is 0 Å². The van der Waals surface area contributed by atoms with Gasteiger partial charge < -0.3 is 5.32 Å². The monoisotopic (exact) mass is 246 g/mol. The van der Waals surface area contributed by atoms with E-state index in [1.54, 1.807) is 12.1 Å². The summed E-state index contributed by atoms with van der Waals surface area (Å²) >= 11 is 0. The van der Waals surface area contributed by atoms with Gasteiger partial charge in [-0.1, -0.05) is 13.3 Å². The summed E-state index contributed by atoms with van der Waals surface area (Å²) in [7, 11) is 0. The van der Waals surface area contributed by atoms with Crippen LogP contribution >= 0.6 is 0 Å². The van der Waals surface area contributed by atoms with E-state index in [0.717, 1.165) is 23.7 Å². The van der Waals surface area contributed by atoms with Crippen LogP contribution in [-0.2, 0) is 0 Å². The van der Waals surface area contributed by atoms with Crippen molar-refractivity contribution in [3.63, 3.8) is 0 Å². The molecule has 0 bridgehead atoms. The van der Waals surface area contributed by atoms with Gasteiger partial charge >= 0.3 is 0 Å². The lowest BCUT2D eigenvalue weighted by molar-refractivity contribution is -0.384. The first-order valence-electron chi connectivity index (χ1n) is 6.67. The summed E-state index contributed by atoms with van der Waals surface area (Å²) in [6, 6.07) is 5.21. The number of nitro benzene ring substituents is 1. The van der Waals surface area contributed by atoms with Crippen LogP contribution in [0.15, 0.2) is 18.2 Å². The van der Waals surface area contributed by atoms with Gasteiger partial charge in [-0.05, 0) is 36.3 Å². The third-order valence-electron chi connectivity index (χ3n) is 4.46. The number of nitrogens with zero attached hydrogens (tertiary/aromatic N) is 1. The molecule has 96 valence electrons. The van der Waals surface area contributed by atoms with E-state index in [4.69, 9.17) is 0 Å². The molecule has 1 aliphatic carbocycles. The first-order chi connectivity index (χ1) is 8.65. The Kier molecular flexibility index (Phi) is 2.73. The van der Waals surface area contributed by atoms with Crippen molar-refractivity contribution < 1.29 is 4.92 Å². The Hall–Kier alpha value is -1.58. The minimum Gasteiger partial charge on any atom is -0.384 e. The summed E-state index contributed by atoms with van der Waals surface area (Å²) in [5.74, 6) is 1.96. The molecule has 4 nitrogen and oxygen atoms in total. The lowest BCUT2D eigenvalue weighted by Crippen LogP contribution is -2.12. The van der Waals surface area contributed by atoms with E-state index in [2.05, 4.69) is 12.2 Å². The molecule has 1 aliphatic heterocycles. The van der Waals surface area contributed by atoms with Crippen LogP contribution in [0.5, 0.6) is 0 Å². The second-order valence-electron chi connectivity index (χ2n) is 5.69. The Morgan fingerprint density at radius 3 is 2.89 bits per heavy atom. The van der Waals surface area contributed by atoms with Crippen LogP contribution < -0.4 is 5.32 Å². The fourth-order valence-electron chi connectivity index (χ4n) is 3.50. The van der Waals surface area contributed by atoms with Gasteiger partial charge in [-0.2, -0.15) is 0 Å². The van der Waals surface area contributed by atoms with E-state index in [0.29, 0.717) is 11.8 Å². The zero-order valence-electron chi connectivity index (χ0n) is 10.6. The van der Waals surface area contributed by atoms with Gasteiger partial charge in [0.15, 0.2) is 0 Å². The standard InChI is InChI=1S/C14H18N2O2/c1-9-2-3-10(6-9)13-8-15-14-5-4-11(16(17)18)7-12(13)14/h4-5,7,9-10,13,15H,2-3,6,8H2,1H3. The molecule has 3 atom stereocenters. The summed E-state index contributed by atoms with van der Waals surface area (Å²) in [4.78, 5) is 10.6. The topological polar surface area (TPSA) is 55.2 Å². The van der Waals surface area contributed by atoms with Crippen molar-refractivity contribution in [2.75, 3.05) is 11.9 Å². The van der Waals surface area contributed by atoms with Crippen molar-refractivity contribution in [1.82, 2.24) is 0 Å². The molecule has 0 aromatic heterocycles. The molecule has 4 heteroatoms. The number of fused-ring (bicyclic) bond motifs is 1. The average Bonchev–Trinajstić information content (AvgIpc) is 2.93. The Bertz CT molecular complexity index is 487. The molecule has 0 amide bonds. The normalized spacial score (nSPS) is 29.9. The van der Waals surface area contributed by atoms with E-state index in [-0.39, 0.29) is 10.6 Å². The van der Waals surface area contributed by atoms with E-state index < -0.39 is 0 Å². The van der Waals surface area contributed by atoms with Crippen molar-refractivity contribution >= 4 is 11.4 Å². The van der Waals surface area contributed by atoms with Gasteiger partial charge in [-0.25, -0.2) is 0 Å². The van der Waals surface area contributed by atoms with Gasteiger partial charge in [0.05, 0.1) is 4.92 Å². The third-order valence-corrected chi connectivity index (χ3v) is 4.46. The second kappa shape index (κ2) is 4.26. The molecule has 18 heavy (non-hydrogen) atoms. The molecule has 1 heterocycles. The van der Waals surface area contributed by atoms with E-state index in [1.807, 2.05) is 6.07 Å². The molecule has 3 rings (SSSR count). The lowest BCUT2D eigenvalue weighted by Gasteiger charge is -2.18. The molecule has 0 radical (unpaired) electrons. The quantitative estimate of drug-likeness (QED) is 0.641. The molecular weight excluding hydrogens is 228 g/mol. The zero-order chi connectivity index (χ0) is 12.7. The number of anilines is 1. The van der Waals surface area contributed by atoms with Crippen LogP contribution in [0.2, 0.25) is 0 Å². The number of rotatable bonds is 2. The summed E-state index contributed by atoms with van der Waals surface area (Å²) in [5, 5.41) is 14.3. The maximum atomic E-state index is 10.9. The molecule has 2 aliphatic rings. The Morgan fingerprint density at radius 1 is 1.39 bits per heavy atom. The van der Waals surface area contributed by atoms with E-state index in [9.17, 15) is 10.1 Å². The fraction of sp³-hybridized carbons (Fsp3) is 0.571. The minimum atomic E-state index is -0.299. The molecule has 1 aromatic carbocycles.